The Morgan fingerprint density at radius 2 is 1.81 bits per heavy atom. The van der Waals surface area contributed by atoms with Crippen LogP contribution >= 0.6 is 7.82 Å². The van der Waals surface area contributed by atoms with E-state index in [1.54, 1.807) is 6.07 Å². The number of benzene rings is 2. The van der Waals surface area contributed by atoms with Crippen LogP contribution < -0.4 is 14.9 Å². The lowest BCUT2D eigenvalue weighted by Crippen LogP contribution is -2.36. The second-order valence-electron chi connectivity index (χ2n) is 6.11. The number of phosphoric acid groups is 1. The van der Waals surface area contributed by atoms with Crippen molar-refractivity contribution >= 4 is 35.4 Å². The fourth-order valence-corrected chi connectivity index (χ4v) is 3.51. The first-order chi connectivity index (χ1) is 12.8. The third kappa shape index (κ3) is 3.50. The molecule has 2 aromatic carbocycles. The number of fused-ring (bicyclic) bond motifs is 2. The quantitative estimate of drug-likeness (QED) is 0.452. The Hall–Kier alpha value is -2.58. The van der Waals surface area contributed by atoms with E-state index in [9.17, 15) is 14.5 Å². The average molecular weight is 393 g/mol. The van der Waals surface area contributed by atoms with Crippen molar-refractivity contribution in [3.8, 4) is 11.5 Å². The zero-order chi connectivity index (χ0) is 19.2. The fraction of sp³-hybridized carbons (Fsp3) is 0.235. The van der Waals surface area contributed by atoms with E-state index < -0.39 is 13.3 Å². The number of phenolic OH excluding ortho intramolecular Hbond substituents is 1. The number of aromatic hydroxyl groups is 1. The van der Waals surface area contributed by atoms with E-state index in [2.05, 4.69) is 4.52 Å². The van der Waals surface area contributed by atoms with E-state index in [1.807, 2.05) is 4.90 Å². The minimum Gasteiger partial charge on any atom is -0.507 e. The number of ether oxygens (including phenoxy) is 1. The molecular weight excluding hydrogens is 377 g/mol. The van der Waals surface area contributed by atoms with Gasteiger partial charge in [0.25, 0.3) is 0 Å². The molecule has 0 radical (unpaired) electrons. The molecule has 1 aromatic heterocycles. The Morgan fingerprint density at radius 3 is 2.52 bits per heavy atom. The summed E-state index contributed by atoms with van der Waals surface area (Å²) < 4.78 is 26.6. The molecule has 0 bridgehead atoms. The van der Waals surface area contributed by atoms with E-state index >= 15 is 0 Å². The van der Waals surface area contributed by atoms with Crippen molar-refractivity contribution in [2.75, 3.05) is 31.2 Å². The zero-order valence-electron chi connectivity index (χ0n) is 14.0. The fourth-order valence-electron chi connectivity index (χ4n) is 3.12. The molecule has 10 heteroatoms. The Balaban J connectivity index is 1.88. The van der Waals surface area contributed by atoms with Gasteiger partial charge in [-0.15, -0.1) is 0 Å². The summed E-state index contributed by atoms with van der Waals surface area (Å²) in [5, 5.41) is 10.6. The Bertz CT molecular complexity index is 1130. The molecule has 4 rings (SSSR count). The lowest BCUT2D eigenvalue weighted by molar-refractivity contribution is 0.122. The number of rotatable bonds is 3. The maximum atomic E-state index is 12.7. The van der Waals surface area contributed by atoms with Crippen LogP contribution in [0.5, 0.6) is 11.5 Å². The molecular formula is C17H16NO8P. The molecule has 9 nitrogen and oxygen atoms in total. The molecule has 27 heavy (non-hydrogen) atoms. The summed E-state index contributed by atoms with van der Waals surface area (Å²) in [6.45, 7) is 2.40. The van der Waals surface area contributed by atoms with Gasteiger partial charge in [-0.3, -0.25) is 14.6 Å². The summed E-state index contributed by atoms with van der Waals surface area (Å²) in [4.78, 5) is 32.6. The van der Waals surface area contributed by atoms with Crippen molar-refractivity contribution in [2.24, 2.45) is 0 Å². The number of hydrogen-bond acceptors (Lipinski definition) is 7. The van der Waals surface area contributed by atoms with Crippen LogP contribution in [-0.2, 0) is 9.30 Å². The van der Waals surface area contributed by atoms with Crippen molar-refractivity contribution in [3.05, 3.63) is 40.6 Å². The van der Waals surface area contributed by atoms with E-state index in [1.165, 1.54) is 24.3 Å². The summed E-state index contributed by atoms with van der Waals surface area (Å²) in [7, 11) is -4.74. The molecule has 3 N–H and O–H groups in total. The van der Waals surface area contributed by atoms with Crippen molar-refractivity contribution < 1.29 is 33.1 Å². The zero-order valence-corrected chi connectivity index (χ0v) is 14.9. The molecule has 142 valence electrons. The number of anilines is 1. The number of hydrogen-bond donors (Lipinski definition) is 3. The number of morpholine rings is 1. The highest BCUT2D eigenvalue weighted by Crippen LogP contribution is 2.39. The van der Waals surface area contributed by atoms with Crippen LogP contribution in [0.3, 0.4) is 0 Å². The van der Waals surface area contributed by atoms with Crippen LogP contribution in [0.25, 0.3) is 21.9 Å². The number of phosphoric ester groups is 1. The van der Waals surface area contributed by atoms with Gasteiger partial charge in [0.2, 0.25) is 5.43 Å². The Labute approximate surface area is 152 Å². The van der Waals surface area contributed by atoms with Crippen LogP contribution in [-0.4, -0.2) is 41.2 Å². The largest absolute Gasteiger partial charge is 0.524 e. The molecule has 1 aliphatic heterocycles. The summed E-state index contributed by atoms with van der Waals surface area (Å²) in [5.41, 5.74) is 0.507. The van der Waals surface area contributed by atoms with Gasteiger partial charge in [-0.25, -0.2) is 4.57 Å². The lowest BCUT2D eigenvalue weighted by Gasteiger charge is -2.29. The van der Waals surface area contributed by atoms with Crippen LogP contribution in [0.2, 0.25) is 0 Å². The van der Waals surface area contributed by atoms with Gasteiger partial charge in [0.15, 0.2) is 0 Å². The highest BCUT2D eigenvalue weighted by molar-refractivity contribution is 7.46. The SMILES string of the molecule is O=c1c2ccc(OP(=O)(O)O)cc2oc2cc(N3CCOCC3)cc(O)c12. The summed E-state index contributed by atoms with van der Waals surface area (Å²) in [5.74, 6) is -0.327. The Morgan fingerprint density at radius 1 is 1.07 bits per heavy atom. The van der Waals surface area contributed by atoms with Crippen molar-refractivity contribution in [1.82, 2.24) is 0 Å². The lowest BCUT2D eigenvalue weighted by atomic mass is 10.1. The van der Waals surface area contributed by atoms with E-state index in [0.717, 1.165) is 0 Å². The highest BCUT2D eigenvalue weighted by Gasteiger charge is 2.20. The summed E-state index contributed by atoms with van der Waals surface area (Å²) >= 11 is 0. The molecule has 1 saturated heterocycles. The molecule has 0 aliphatic carbocycles. The monoisotopic (exact) mass is 393 g/mol. The molecule has 0 unspecified atom stereocenters. The first kappa shape index (κ1) is 17.8. The van der Waals surface area contributed by atoms with Crippen LogP contribution in [0.4, 0.5) is 5.69 Å². The van der Waals surface area contributed by atoms with Gasteiger partial charge in [0, 0.05) is 37.0 Å². The van der Waals surface area contributed by atoms with Crippen molar-refractivity contribution in [2.45, 2.75) is 0 Å². The highest BCUT2D eigenvalue weighted by atomic mass is 31.2. The second-order valence-corrected chi connectivity index (χ2v) is 7.27. The van der Waals surface area contributed by atoms with Gasteiger partial charge in [0.05, 0.1) is 18.6 Å². The van der Waals surface area contributed by atoms with Gasteiger partial charge < -0.3 is 23.7 Å². The third-order valence-electron chi connectivity index (χ3n) is 4.31. The van der Waals surface area contributed by atoms with Gasteiger partial charge in [-0.1, -0.05) is 0 Å². The van der Waals surface area contributed by atoms with E-state index in [-0.39, 0.29) is 33.4 Å². The maximum Gasteiger partial charge on any atom is 0.524 e. The standard InChI is InChI=1S/C17H16NO8P/c19-13-7-10(18-3-5-24-6-4-18)8-15-16(13)17(20)12-2-1-11(9-14(12)25-15)26-27(21,22)23/h1-2,7-9,19H,3-6H2,(H2,21,22,23). The topological polar surface area (TPSA) is 130 Å². The van der Waals surface area contributed by atoms with Crippen molar-refractivity contribution in [3.63, 3.8) is 0 Å². The molecule has 0 saturated carbocycles. The molecule has 0 amide bonds. The van der Waals surface area contributed by atoms with E-state index in [0.29, 0.717) is 32.0 Å². The van der Waals surface area contributed by atoms with Crippen LogP contribution in [0, 0.1) is 0 Å². The van der Waals surface area contributed by atoms with E-state index in [4.69, 9.17) is 18.9 Å². The third-order valence-corrected chi connectivity index (χ3v) is 4.76. The molecule has 0 spiro atoms. The minimum absolute atomic E-state index is 0.0446. The van der Waals surface area contributed by atoms with Gasteiger partial charge in [-0.2, -0.15) is 0 Å². The number of phenols is 1. The summed E-state index contributed by atoms with van der Waals surface area (Å²) in [6, 6.07) is 6.98. The molecule has 2 heterocycles. The Kier molecular flexibility index (Phi) is 4.32. The van der Waals surface area contributed by atoms with Crippen molar-refractivity contribution in [1.29, 1.82) is 0 Å². The molecule has 0 atom stereocenters. The minimum atomic E-state index is -4.74. The van der Waals surface area contributed by atoms with Gasteiger partial charge in [0.1, 0.15) is 28.1 Å². The normalized spacial score (nSPS) is 15.4. The molecule has 1 fully saturated rings. The van der Waals surface area contributed by atoms with Gasteiger partial charge in [-0.05, 0) is 12.1 Å². The maximum absolute atomic E-state index is 12.7. The predicted molar refractivity (Wildman–Crippen MR) is 97.4 cm³/mol. The average Bonchev–Trinajstić information content (AvgIpc) is 2.60. The first-order valence-electron chi connectivity index (χ1n) is 8.13. The first-order valence-corrected chi connectivity index (χ1v) is 9.66. The number of nitrogens with zero attached hydrogens (tertiary/aromatic N) is 1. The second kappa shape index (κ2) is 6.54. The van der Waals surface area contributed by atoms with Gasteiger partial charge >= 0.3 is 7.82 Å². The molecule has 1 aliphatic rings. The summed E-state index contributed by atoms with van der Waals surface area (Å²) in [6.07, 6.45) is 0. The molecule has 3 aromatic rings. The predicted octanol–water partition coefficient (Wildman–Crippen LogP) is 1.96. The van der Waals surface area contributed by atoms with Crippen LogP contribution in [0.15, 0.2) is 39.5 Å². The smallest absolute Gasteiger partial charge is 0.507 e. The van der Waals surface area contributed by atoms with Crippen LogP contribution in [0.1, 0.15) is 0 Å².